The second kappa shape index (κ2) is 6.52. The van der Waals surface area contributed by atoms with Gasteiger partial charge in [0.2, 0.25) is 0 Å². The van der Waals surface area contributed by atoms with Gasteiger partial charge in [-0.25, -0.2) is 4.39 Å². The predicted octanol–water partition coefficient (Wildman–Crippen LogP) is 4.99. The summed E-state index contributed by atoms with van der Waals surface area (Å²) in [4.78, 5) is 2.65. The molecule has 1 N–H and O–H groups in total. The molecule has 1 aliphatic heterocycles. The Morgan fingerprint density at radius 3 is 2.72 bits per heavy atom. The van der Waals surface area contributed by atoms with E-state index in [9.17, 15) is 17.6 Å². The fraction of sp³-hybridized carbons (Fsp3) is 0.250. The average Bonchev–Trinajstić information content (AvgIpc) is 2.58. The van der Waals surface area contributed by atoms with Gasteiger partial charge in [0.05, 0.1) is 17.3 Å². The van der Waals surface area contributed by atoms with Crippen molar-refractivity contribution < 1.29 is 22.3 Å². The van der Waals surface area contributed by atoms with Crippen LogP contribution in [0.1, 0.15) is 5.56 Å². The number of fused-ring (bicyclic) bond motifs is 1. The van der Waals surface area contributed by atoms with Crippen LogP contribution in [0.25, 0.3) is 21.6 Å². The SMILES string of the molecule is [N-]=[N+]=NCC1COc2cc(F)cc(-c3ccccc3C(F)(F)F)c2N1. The maximum atomic E-state index is 13.9. The zero-order chi connectivity index (χ0) is 18.0. The van der Waals surface area contributed by atoms with Crippen LogP contribution >= 0.6 is 0 Å². The standard InChI is InChI=1S/C16H12F4N4O/c17-9-5-12(11-3-1-2-4-13(11)16(18,19)20)15-14(6-9)25-8-10(23-15)7-22-24-21/h1-6,10,23H,7-8H2. The quantitative estimate of drug-likeness (QED) is 0.366. The van der Waals surface area contributed by atoms with E-state index in [0.29, 0.717) is 0 Å². The number of benzene rings is 2. The molecule has 3 rings (SSSR count). The summed E-state index contributed by atoms with van der Waals surface area (Å²) in [6, 6.07) is 6.63. The van der Waals surface area contributed by atoms with Crippen LogP contribution in [0.15, 0.2) is 41.5 Å². The van der Waals surface area contributed by atoms with Gasteiger partial charge in [-0.2, -0.15) is 13.2 Å². The Hall–Kier alpha value is -2.93. The lowest BCUT2D eigenvalue weighted by atomic mass is 9.96. The maximum Gasteiger partial charge on any atom is 0.417 e. The lowest BCUT2D eigenvalue weighted by molar-refractivity contribution is -0.137. The summed E-state index contributed by atoms with van der Waals surface area (Å²) in [5, 5.41) is 6.41. The van der Waals surface area contributed by atoms with Crippen LogP contribution in [0.5, 0.6) is 5.75 Å². The van der Waals surface area contributed by atoms with E-state index in [1.165, 1.54) is 18.2 Å². The van der Waals surface area contributed by atoms with Crippen molar-refractivity contribution in [3.05, 3.63) is 58.2 Å². The Morgan fingerprint density at radius 2 is 2.00 bits per heavy atom. The molecule has 0 spiro atoms. The zero-order valence-electron chi connectivity index (χ0n) is 12.7. The number of alkyl halides is 3. The molecule has 0 amide bonds. The number of nitrogens with one attached hydrogen (secondary N) is 1. The molecule has 0 radical (unpaired) electrons. The second-order valence-electron chi connectivity index (χ2n) is 5.44. The molecule has 1 atom stereocenters. The van der Waals surface area contributed by atoms with E-state index in [-0.39, 0.29) is 35.7 Å². The fourth-order valence-electron chi connectivity index (χ4n) is 2.69. The van der Waals surface area contributed by atoms with Crippen molar-refractivity contribution in [2.45, 2.75) is 12.2 Å². The molecule has 0 aliphatic carbocycles. The summed E-state index contributed by atoms with van der Waals surface area (Å²) in [7, 11) is 0. The minimum Gasteiger partial charge on any atom is -0.489 e. The Morgan fingerprint density at radius 1 is 1.24 bits per heavy atom. The van der Waals surface area contributed by atoms with Crippen LogP contribution in [0.4, 0.5) is 23.2 Å². The molecule has 0 fully saturated rings. The van der Waals surface area contributed by atoms with Crippen molar-refractivity contribution in [1.82, 2.24) is 0 Å². The molecule has 0 saturated heterocycles. The summed E-state index contributed by atoms with van der Waals surface area (Å²) in [5.74, 6) is -0.592. The molecule has 130 valence electrons. The van der Waals surface area contributed by atoms with Crippen molar-refractivity contribution in [3.63, 3.8) is 0 Å². The van der Waals surface area contributed by atoms with Gasteiger partial charge in [0.25, 0.3) is 0 Å². The minimum absolute atomic E-state index is 0.0357. The fourth-order valence-corrected chi connectivity index (χ4v) is 2.69. The number of azide groups is 1. The number of nitrogens with zero attached hydrogens (tertiary/aromatic N) is 3. The van der Waals surface area contributed by atoms with Crippen molar-refractivity contribution in [2.24, 2.45) is 5.11 Å². The van der Waals surface area contributed by atoms with E-state index < -0.39 is 23.6 Å². The molecule has 0 saturated carbocycles. The van der Waals surface area contributed by atoms with E-state index in [4.69, 9.17) is 10.3 Å². The Labute approximate surface area is 139 Å². The number of halogens is 4. The highest BCUT2D eigenvalue weighted by Crippen LogP contribution is 2.44. The topological polar surface area (TPSA) is 70.0 Å². The van der Waals surface area contributed by atoms with Gasteiger partial charge in [0.15, 0.2) is 0 Å². The number of rotatable bonds is 3. The summed E-state index contributed by atoms with van der Waals surface area (Å²) in [6.45, 7) is 0.156. The molecular weight excluding hydrogens is 340 g/mol. The zero-order valence-corrected chi connectivity index (χ0v) is 12.7. The summed E-state index contributed by atoms with van der Waals surface area (Å²) in [6.07, 6.45) is -4.59. The first-order chi connectivity index (χ1) is 11.9. The van der Waals surface area contributed by atoms with Gasteiger partial charge in [-0.15, -0.1) is 0 Å². The van der Waals surface area contributed by atoms with Crippen molar-refractivity contribution >= 4 is 5.69 Å². The van der Waals surface area contributed by atoms with Crippen molar-refractivity contribution in [1.29, 1.82) is 0 Å². The Kier molecular flexibility index (Phi) is 4.41. The van der Waals surface area contributed by atoms with Crippen molar-refractivity contribution in [3.8, 4) is 16.9 Å². The first kappa shape index (κ1) is 16.9. The third kappa shape index (κ3) is 3.46. The molecule has 5 nitrogen and oxygen atoms in total. The van der Waals surface area contributed by atoms with Crippen LogP contribution in [-0.2, 0) is 6.18 Å². The molecule has 0 aromatic heterocycles. The maximum absolute atomic E-state index is 13.9. The van der Waals surface area contributed by atoms with E-state index >= 15 is 0 Å². The Bertz CT molecular complexity index is 847. The van der Waals surface area contributed by atoms with Crippen LogP contribution in [0.2, 0.25) is 0 Å². The second-order valence-corrected chi connectivity index (χ2v) is 5.44. The highest BCUT2D eigenvalue weighted by Gasteiger charge is 2.35. The molecule has 1 heterocycles. The van der Waals surface area contributed by atoms with Gasteiger partial charge >= 0.3 is 6.18 Å². The highest BCUT2D eigenvalue weighted by atomic mass is 19.4. The molecule has 0 bridgehead atoms. The summed E-state index contributed by atoms with van der Waals surface area (Å²) in [5.41, 5.74) is 7.64. The molecular formula is C16H12F4N4O. The lowest BCUT2D eigenvalue weighted by Crippen LogP contribution is -2.34. The molecule has 1 aliphatic rings. The third-order valence-corrected chi connectivity index (χ3v) is 3.74. The smallest absolute Gasteiger partial charge is 0.417 e. The molecule has 2 aromatic carbocycles. The van der Waals surface area contributed by atoms with Crippen LogP contribution in [0.3, 0.4) is 0 Å². The average molecular weight is 352 g/mol. The molecule has 2 aromatic rings. The van der Waals surface area contributed by atoms with Crippen molar-refractivity contribution in [2.75, 3.05) is 18.5 Å². The Balaban J connectivity index is 2.13. The monoisotopic (exact) mass is 352 g/mol. The van der Waals surface area contributed by atoms with E-state index in [2.05, 4.69) is 15.3 Å². The largest absolute Gasteiger partial charge is 0.489 e. The van der Waals surface area contributed by atoms with Gasteiger partial charge < -0.3 is 10.1 Å². The van der Waals surface area contributed by atoms with Crippen LogP contribution in [0, 0.1) is 5.82 Å². The van der Waals surface area contributed by atoms with Crippen LogP contribution in [-0.4, -0.2) is 19.2 Å². The van der Waals surface area contributed by atoms with Crippen LogP contribution < -0.4 is 10.1 Å². The predicted molar refractivity (Wildman–Crippen MR) is 83.8 cm³/mol. The molecule has 1 unspecified atom stereocenters. The lowest BCUT2D eigenvalue weighted by Gasteiger charge is -2.29. The number of anilines is 1. The van der Waals surface area contributed by atoms with E-state index in [1.807, 2.05) is 0 Å². The van der Waals surface area contributed by atoms with Gasteiger partial charge in [-0.1, -0.05) is 23.3 Å². The normalized spacial score (nSPS) is 16.2. The van der Waals surface area contributed by atoms with Gasteiger partial charge in [0, 0.05) is 23.1 Å². The first-order valence-electron chi connectivity index (χ1n) is 7.30. The van der Waals surface area contributed by atoms with Gasteiger partial charge in [0.1, 0.15) is 18.2 Å². The summed E-state index contributed by atoms with van der Waals surface area (Å²) >= 11 is 0. The van der Waals surface area contributed by atoms with E-state index in [0.717, 1.165) is 18.2 Å². The highest BCUT2D eigenvalue weighted by molar-refractivity contribution is 5.85. The van der Waals surface area contributed by atoms with Gasteiger partial charge in [-0.3, -0.25) is 0 Å². The number of hydrogen-bond donors (Lipinski definition) is 1. The summed E-state index contributed by atoms with van der Waals surface area (Å²) < 4.78 is 59.3. The number of hydrogen-bond acceptors (Lipinski definition) is 3. The molecule has 25 heavy (non-hydrogen) atoms. The minimum atomic E-state index is -4.59. The van der Waals surface area contributed by atoms with Gasteiger partial charge in [-0.05, 0) is 23.2 Å². The first-order valence-corrected chi connectivity index (χ1v) is 7.30. The van der Waals surface area contributed by atoms with E-state index in [1.54, 1.807) is 0 Å². The number of ether oxygens (including phenoxy) is 1. The molecule has 9 heteroatoms. The third-order valence-electron chi connectivity index (χ3n) is 3.74.